The predicted octanol–water partition coefficient (Wildman–Crippen LogP) is 1.19. The molecule has 3 rings (SSSR count). The zero-order valence-electron chi connectivity index (χ0n) is 11.5. The van der Waals surface area contributed by atoms with Gasteiger partial charge in [0.25, 0.3) is 0 Å². The summed E-state index contributed by atoms with van der Waals surface area (Å²) in [5, 5.41) is 3.31. The molecule has 0 atom stereocenters. The standard InChI is InChI=1S/C16H22N2O/c19-16(12-18-8-6-17-7-9-18)11-13-4-5-14-2-1-3-15(14)10-13/h4-5,10,17H,1-3,6-9,11-12H2. The van der Waals surface area contributed by atoms with Crippen molar-refractivity contribution < 1.29 is 4.79 Å². The molecule has 0 spiro atoms. The van der Waals surface area contributed by atoms with Crippen LogP contribution in [0.5, 0.6) is 0 Å². The van der Waals surface area contributed by atoms with Crippen molar-refractivity contribution in [2.45, 2.75) is 25.7 Å². The molecule has 0 bridgehead atoms. The Hall–Kier alpha value is -1.19. The lowest BCUT2D eigenvalue weighted by atomic mass is 10.0. The van der Waals surface area contributed by atoms with Gasteiger partial charge >= 0.3 is 0 Å². The van der Waals surface area contributed by atoms with Crippen LogP contribution in [0.4, 0.5) is 0 Å². The van der Waals surface area contributed by atoms with Crippen LogP contribution in [0.25, 0.3) is 0 Å². The number of rotatable bonds is 4. The van der Waals surface area contributed by atoms with E-state index in [1.807, 2.05) is 0 Å². The van der Waals surface area contributed by atoms with Crippen LogP contribution in [0.1, 0.15) is 23.1 Å². The van der Waals surface area contributed by atoms with E-state index in [1.165, 1.54) is 36.0 Å². The topological polar surface area (TPSA) is 32.3 Å². The smallest absolute Gasteiger partial charge is 0.151 e. The summed E-state index contributed by atoms with van der Waals surface area (Å²) in [6.07, 6.45) is 4.27. The van der Waals surface area contributed by atoms with Gasteiger partial charge in [-0.25, -0.2) is 0 Å². The number of hydrogen-bond donors (Lipinski definition) is 1. The first-order valence-corrected chi connectivity index (χ1v) is 7.37. The van der Waals surface area contributed by atoms with E-state index in [0.29, 0.717) is 18.7 Å². The Morgan fingerprint density at radius 2 is 1.95 bits per heavy atom. The molecule has 1 fully saturated rings. The maximum atomic E-state index is 12.1. The zero-order chi connectivity index (χ0) is 13.1. The highest BCUT2D eigenvalue weighted by Gasteiger charge is 2.15. The van der Waals surface area contributed by atoms with Gasteiger partial charge in [0, 0.05) is 32.6 Å². The molecule has 1 N–H and O–H groups in total. The van der Waals surface area contributed by atoms with Gasteiger partial charge in [-0.1, -0.05) is 18.2 Å². The Labute approximate surface area is 115 Å². The quantitative estimate of drug-likeness (QED) is 0.880. The molecule has 1 aromatic rings. The molecule has 1 aliphatic carbocycles. The number of Topliss-reactive ketones (excluding diaryl/α,β-unsaturated/α-hetero) is 1. The first kappa shape index (κ1) is 12.8. The highest BCUT2D eigenvalue weighted by atomic mass is 16.1. The minimum Gasteiger partial charge on any atom is -0.314 e. The van der Waals surface area contributed by atoms with E-state index in [9.17, 15) is 4.79 Å². The predicted molar refractivity (Wildman–Crippen MR) is 76.5 cm³/mol. The third kappa shape index (κ3) is 3.23. The Morgan fingerprint density at radius 3 is 2.79 bits per heavy atom. The second-order valence-corrected chi connectivity index (χ2v) is 5.70. The van der Waals surface area contributed by atoms with Gasteiger partial charge in [0.2, 0.25) is 0 Å². The fraction of sp³-hybridized carbons (Fsp3) is 0.562. The van der Waals surface area contributed by atoms with Crippen LogP contribution in [0.3, 0.4) is 0 Å². The highest BCUT2D eigenvalue weighted by Crippen LogP contribution is 2.23. The normalized spacial score (nSPS) is 19.4. The van der Waals surface area contributed by atoms with Crippen molar-refractivity contribution in [3.8, 4) is 0 Å². The van der Waals surface area contributed by atoms with E-state index in [2.05, 4.69) is 28.4 Å². The van der Waals surface area contributed by atoms with Crippen molar-refractivity contribution in [3.63, 3.8) is 0 Å². The first-order chi connectivity index (χ1) is 9.31. The zero-order valence-corrected chi connectivity index (χ0v) is 11.5. The lowest BCUT2D eigenvalue weighted by Gasteiger charge is -2.26. The largest absolute Gasteiger partial charge is 0.314 e. The molecule has 1 saturated heterocycles. The maximum Gasteiger partial charge on any atom is 0.151 e. The average Bonchev–Trinajstić information content (AvgIpc) is 2.87. The number of fused-ring (bicyclic) bond motifs is 1. The molecule has 102 valence electrons. The summed E-state index contributed by atoms with van der Waals surface area (Å²) in [7, 11) is 0. The first-order valence-electron chi connectivity index (χ1n) is 7.37. The lowest BCUT2D eigenvalue weighted by molar-refractivity contribution is -0.119. The Kier molecular flexibility index (Phi) is 3.95. The van der Waals surface area contributed by atoms with Gasteiger partial charge < -0.3 is 5.32 Å². The lowest BCUT2D eigenvalue weighted by Crippen LogP contribution is -2.45. The van der Waals surface area contributed by atoms with Crippen LogP contribution in [0.2, 0.25) is 0 Å². The molecule has 3 heteroatoms. The van der Waals surface area contributed by atoms with Gasteiger partial charge in [0.1, 0.15) is 0 Å². The molecule has 1 aliphatic heterocycles. The van der Waals surface area contributed by atoms with Gasteiger partial charge in [0.15, 0.2) is 5.78 Å². The molecular formula is C16H22N2O. The summed E-state index contributed by atoms with van der Waals surface area (Å²) in [6.45, 7) is 4.61. The maximum absolute atomic E-state index is 12.1. The number of carbonyl (C=O) groups is 1. The van der Waals surface area contributed by atoms with Gasteiger partial charge in [-0.15, -0.1) is 0 Å². The van der Waals surface area contributed by atoms with E-state index in [4.69, 9.17) is 0 Å². The number of aryl methyl sites for hydroxylation is 2. The number of nitrogens with one attached hydrogen (secondary N) is 1. The Balaban J connectivity index is 1.56. The van der Waals surface area contributed by atoms with Gasteiger partial charge in [-0.05, 0) is 36.0 Å². The third-order valence-electron chi connectivity index (χ3n) is 4.17. The van der Waals surface area contributed by atoms with Crippen molar-refractivity contribution in [3.05, 3.63) is 34.9 Å². The van der Waals surface area contributed by atoms with Gasteiger partial charge in [-0.2, -0.15) is 0 Å². The fourth-order valence-corrected chi connectivity index (χ4v) is 3.14. The van der Waals surface area contributed by atoms with Crippen molar-refractivity contribution in [2.24, 2.45) is 0 Å². The van der Waals surface area contributed by atoms with Crippen LogP contribution in [0.15, 0.2) is 18.2 Å². The van der Waals surface area contributed by atoms with E-state index < -0.39 is 0 Å². The summed E-state index contributed by atoms with van der Waals surface area (Å²) in [5.74, 6) is 0.347. The Morgan fingerprint density at radius 1 is 1.16 bits per heavy atom. The summed E-state index contributed by atoms with van der Waals surface area (Å²) < 4.78 is 0. The number of nitrogens with zero attached hydrogens (tertiary/aromatic N) is 1. The fourth-order valence-electron chi connectivity index (χ4n) is 3.14. The van der Waals surface area contributed by atoms with Crippen molar-refractivity contribution in [2.75, 3.05) is 32.7 Å². The molecule has 3 nitrogen and oxygen atoms in total. The monoisotopic (exact) mass is 258 g/mol. The van der Waals surface area contributed by atoms with Gasteiger partial charge in [-0.3, -0.25) is 9.69 Å². The summed E-state index contributed by atoms with van der Waals surface area (Å²) in [6, 6.07) is 6.60. The molecule has 0 saturated carbocycles. The van der Waals surface area contributed by atoms with Crippen LogP contribution < -0.4 is 5.32 Å². The van der Waals surface area contributed by atoms with Crippen LogP contribution >= 0.6 is 0 Å². The van der Waals surface area contributed by atoms with Crippen molar-refractivity contribution in [1.29, 1.82) is 0 Å². The number of hydrogen-bond acceptors (Lipinski definition) is 3. The highest BCUT2D eigenvalue weighted by molar-refractivity contribution is 5.82. The van der Waals surface area contributed by atoms with Crippen LogP contribution in [0, 0.1) is 0 Å². The number of carbonyl (C=O) groups excluding carboxylic acids is 1. The summed E-state index contributed by atoms with van der Waals surface area (Å²) in [4.78, 5) is 14.4. The average molecular weight is 258 g/mol. The number of ketones is 1. The number of piperazine rings is 1. The molecule has 0 unspecified atom stereocenters. The minimum atomic E-state index is 0.347. The molecule has 1 heterocycles. The van der Waals surface area contributed by atoms with E-state index >= 15 is 0 Å². The Bertz CT molecular complexity index is 464. The van der Waals surface area contributed by atoms with Crippen LogP contribution in [-0.4, -0.2) is 43.4 Å². The molecule has 0 radical (unpaired) electrons. The molecular weight excluding hydrogens is 236 g/mol. The van der Waals surface area contributed by atoms with Crippen molar-refractivity contribution in [1.82, 2.24) is 10.2 Å². The van der Waals surface area contributed by atoms with E-state index in [1.54, 1.807) is 0 Å². The molecule has 0 aromatic heterocycles. The van der Waals surface area contributed by atoms with Crippen molar-refractivity contribution >= 4 is 5.78 Å². The SMILES string of the molecule is O=C(Cc1ccc2c(c1)CCC2)CN1CCNCC1. The number of benzene rings is 1. The summed E-state index contributed by atoms with van der Waals surface area (Å²) >= 11 is 0. The molecule has 19 heavy (non-hydrogen) atoms. The summed E-state index contributed by atoms with van der Waals surface area (Å²) in [5.41, 5.74) is 4.14. The van der Waals surface area contributed by atoms with E-state index in [0.717, 1.165) is 26.2 Å². The van der Waals surface area contributed by atoms with E-state index in [-0.39, 0.29) is 0 Å². The molecule has 0 amide bonds. The second kappa shape index (κ2) is 5.85. The molecule has 2 aliphatic rings. The second-order valence-electron chi connectivity index (χ2n) is 5.70. The minimum absolute atomic E-state index is 0.347. The van der Waals surface area contributed by atoms with Crippen LogP contribution in [-0.2, 0) is 24.1 Å². The third-order valence-corrected chi connectivity index (χ3v) is 4.17. The van der Waals surface area contributed by atoms with Gasteiger partial charge in [0.05, 0.1) is 6.54 Å². The molecule has 1 aromatic carbocycles.